The van der Waals surface area contributed by atoms with E-state index in [9.17, 15) is 13.6 Å². The van der Waals surface area contributed by atoms with Crippen LogP contribution < -0.4 is 0 Å². The fraction of sp³-hybridized carbons (Fsp3) is 0.870. The summed E-state index contributed by atoms with van der Waals surface area (Å²) in [5.41, 5.74) is 0.612. The molecule has 6 atom stereocenters. The molecular formula is C23H36F2N2O5. The molecule has 0 aromatic carbocycles. The molecule has 1 spiro atoms. The molecule has 182 valence electrons. The summed E-state index contributed by atoms with van der Waals surface area (Å²) in [6.07, 6.45) is 1.11. The largest absolute Gasteiger partial charge is 0.443 e. The molecule has 0 bridgehead atoms. The monoisotopic (exact) mass is 458 g/mol. The van der Waals surface area contributed by atoms with Crippen LogP contribution in [0.5, 0.6) is 0 Å². The number of hydrogen-bond acceptors (Lipinski definition) is 6. The summed E-state index contributed by atoms with van der Waals surface area (Å²) in [4.78, 5) is 16.1. The third kappa shape index (κ3) is 4.81. The number of ether oxygens (including phenoxy) is 4. The quantitative estimate of drug-likeness (QED) is 0.432. The molecule has 1 aliphatic carbocycles. The first-order valence-corrected chi connectivity index (χ1v) is 11.6. The van der Waals surface area contributed by atoms with Crippen molar-refractivity contribution < 1.29 is 32.5 Å². The lowest BCUT2D eigenvalue weighted by atomic mass is 9.68. The Kier molecular flexibility index (Phi) is 6.83. The maximum absolute atomic E-state index is 12.9. The van der Waals surface area contributed by atoms with Crippen LogP contribution in [-0.4, -0.2) is 98.3 Å². The minimum Gasteiger partial charge on any atom is -0.443 e. The average Bonchev–Trinajstić information content (AvgIpc) is 3.65. The van der Waals surface area contributed by atoms with E-state index in [1.54, 1.807) is 16.9 Å². The number of epoxide rings is 2. The SMILES string of the molecule is CO[C@@H]1[C@H](OC(=O)N2CCN(CC(F)F)CC2)CC[C@]2(CO2)[C@H]1[C@@]1(C)O[C@@H]1CC=C(C)C. The van der Waals surface area contributed by atoms with Gasteiger partial charge in [0.1, 0.15) is 23.4 Å². The Balaban J connectivity index is 1.39. The minimum atomic E-state index is -2.36. The summed E-state index contributed by atoms with van der Waals surface area (Å²) in [7, 11) is 1.65. The Morgan fingerprint density at radius 1 is 1.25 bits per heavy atom. The van der Waals surface area contributed by atoms with Crippen LogP contribution >= 0.6 is 0 Å². The van der Waals surface area contributed by atoms with E-state index in [-0.39, 0.29) is 35.9 Å². The topological polar surface area (TPSA) is 67.1 Å². The number of carbonyl (C=O) groups is 1. The Labute approximate surface area is 189 Å². The van der Waals surface area contributed by atoms with E-state index >= 15 is 0 Å². The van der Waals surface area contributed by atoms with Gasteiger partial charge >= 0.3 is 6.09 Å². The van der Waals surface area contributed by atoms with Gasteiger partial charge in [-0.2, -0.15) is 0 Å². The number of nitrogens with zero attached hydrogens (tertiary/aromatic N) is 2. The fourth-order valence-electron chi connectivity index (χ4n) is 5.58. The second-order valence-electron chi connectivity index (χ2n) is 9.98. The average molecular weight is 459 g/mol. The first-order chi connectivity index (χ1) is 15.2. The van der Waals surface area contributed by atoms with Crippen molar-refractivity contribution in [1.29, 1.82) is 0 Å². The first kappa shape index (κ1) is 23.9. The molecule has 4 fully saturated rings. The number of methoxy groups -OCH3 is 1. The van der Waals surface area contributed by atoms with Crippen molar-refractivity contribution in [2.45, 2.75) is 76.0 Å². The van der Waals surface area contributed by atoms with Gasteiger partial charge in [0.15, 0.2) is 0 Å². The fourth-order valence-corrected chi connectivity index (χ4v) is 5.58. The van der Waals surface area contributed by atoms with E-state index in [1.807, 2.05) is 0 Å². The smallest absolute Gasteiger partial charge is 0.410 e. The van der Waals surface area contributed by atoms with Crippen LogP contribution in [0.4, 0.5) is 13.6 Å². The molecule has 0 aromatic heterocycles. The molecule has 3 heterocycles. The van der Waals surface area contributed by atoms with Crippen molar-refractivity contribution >= 4 is 6.09 Å². The van der Waals surface area contributed by atoms with Gasteiger partial charge in [0, 0.05) is 33.3 Å². The number of allylic oxidation sites excluding steroid dienone is 1. The Morgan fingerprint density at radius 3 is 2.50 bits per heavy atom. The molecule has 0 N–H and O–H groups in total. The highest BCUT2D eigenvalue weighted by Gasteiger charge is 2.72. The summed E-state index contributed by atoms with van der Waals surface area (Å²) in [6, 6.07) is 0. The normalized spacial score (nSPS) is 39.3. The van der Waals surface area contributed by atoms with Crippen LogP contribution in [0.3, 0.4) is 0 Å². The first-order valence-electron chi connectivity index (χ1n) is 11.6. The van der Waals surface area contributed by atoms with Gasteiger partial charge in [0.2, 0.25) is 0 Å². The van der Waals surface area contributed by atoms with Gasteiger partial charge in [-0.05, 0) is 40.0 Å². The molecule has 9 heteroatoms. The summed E-state index contributed by atoms with van der Waals surface area (Å²) in [5.74, 6) is -0.0231. The molecule has 32 heavy (non-hydrogen) atoms. The van der Waals surface area contributed by atoms with Gasteiger partial charge in [0.25, 0.3) is 6.43 Å². The van der Waals surface area contributed by atoms with Crippen molar-refractivity contribution in [2.24, 2.45) is 5.92 Å². The molecule has 7 nitrogen and oxygen atoms in total. The predicted octanol–water partition coefficient (Wildman–Crippen LogP) is 3.08. The second kappa shape index (κ2) is 9.16. The highest BCUT2D eigenvalue weighted by atomic mass is 19.3. The van der Waals surface area contributed by atoms with E-state index in [0.29, 0.717) is 39.2 Å². The lowest BCUT2D eigenvalue weighted by Crippen LogP contribution is -2.57. The molecule has 0 unspecified atom stereocenters. The zero-order valence-electron chi connectivity index (χ0n) is 19.5. The Bertz CT molecular complexity index is 719. The number of amides is 1. The van der Waals surface area contributed by atoms with Crippen LogP contribution in [0.15, 0.2) is 11.6 Å². The molecule has 4 aliphatic rings. The van der Waals surface area contributed by atoms with E-state index < -0.39 is 18.6 Å². The van der Waals surface area contributed by atoms with E-state index in [1.165, 1.54) is 5.57 Å². The van der Waals surface area contributed by atoms with Gasteiger partial charge in [-0.15, -0.1) is 0 Å². The van der Waals surface area contributed by atoms with Crippen LogP contribution in [-0.2, 0) is 18.9 Å². The van der Waals surface area contributed by atoms with Gasteiger partial charge in [-0.3, -0.25) is 4.90 Å². The number of alkyl halides is 2. The molecular weight excluding hydrogens is 422 g/mol. The molecule has 4 rings (SSSR count). The minimum absolute atomic E-state index is 0.0231. The summed E-state index contributed by atoms with van der Waals surface area (Å²) >= 11 is 0. The number of halogens is 2. The lowest BCUT2D eigenvalue weighted by molar-refractivity contribution is -0.122. The highest BCUT2D eigenvalue weighted by Crippen LogP contribution is 2.59. The number of piperazine rings is 1. The Hall–Kier alpha value is -1.29. The third-order valence-electron chi connectivity index (χ3n) is 7.52. The molecule has 1 saturated carbocycles. The number of rotatable bonds is 7. The standard InChI is InChI=1S/C23H36F2N2O5/c1-15(2)5-6-17-22(3,32-17)20-19(29-4)16(7-8-23(20)14-30-23)31-21(28)27-11-9-26(10-12-27)13-18(24)25/h5,16-20H,6-14H2,1-4H3/t16-,17-,19-,20-,22+,23+/m1/s1. The van der Waals surface area contributed by atoms with Gasteiger partial charge in [-0.1, -0.05) is 11.6 Å². The zero-order valence-corrected chi connectivity index (χ0v) is 19.5. The number of carbonyl (C=O) groups excluding carboxylic acids is 1. The maximum Gasteiger partial charge on any atom is 0.410 e. The van der Waals surface area contributed by atoms with Crippen molar-refractivity contribution in [2.75, 3.05) is 46.4 Å². The molecule has 3 saturated heterocycles. The van der Waals surface area contributed by atoms with Gasteiger partial charge in [-0.25, -0.2) is 13.6 Å². The third-order valence-corrected chi connectivity index (χ3v) is 7.52. The maximum atomic E-state index is 12.9. The Morgan fingerprint density at radius 2 is 1.94 bits per heavy atom. The summed E-state index contributed by atoms with van der Waals surface area (Å²) in [5, 5.41) is 0. The molecule has 0 aromatic rings. The van der Waals surface area contributed by atoms with Crippen molar-refractivity contribution in [1.82, 2.24) is 9.80 Å². The number of hydrogen-bond donors (Lipinski definition) is 0. The molecule has 3 aliphatic heterocycles. The van der Waals surface area contributed by atoms with Crippen molar-refractivity contribution in [3.8, 4) is 0 Å². The van der Waals surface area contributed by atoms with E-state index in [4.69, 9.17) is 18.9 Å². The van der Waals surface area contributed by atoms with E-state index in [0.717, 1.165) is 12.8 Å². The lowest BCUT2D eigenvalue weighted by Gasteiger charge is -2.43. The van der Waals surface area contributed by atoms with Crippen LogP contribution in [0, 0.1) is 5.92 Å². The predicted molar refractivity (Wildman–Crippen MR) is 114 cm³/mol. The highest BCUT2D eigenvalue weighted by molar-refractivity contribution is 5.68. The second-order valence-corrected chi connectivity index (χ2v) is 9.98. The van der Waals surface area contributed by atoms with Crippen LogP contribution in [0.2, 0.25) is 0 Å². The van der Waals surface area contributed by atoms with Crippen molar-refractivity contribution in [3.05, 3.63) is 11.6 Å². The summed E-state index contributed by atoms with van der Waals surface area (Å²) < 4.78 is 49.2. The van der Waals surface area contributed by atoms with Crippen molar-refractivity contribution in [3.63, 3.8) is 0 Å². The molecule has 0 radical (unpaired) electrons. The zero-order chi connectivity index (χ0) is 23.1. The van der Waals surface area contributed by atoms with Crippen LogP contribution in [0.25, 0.3) is 0 Å². The summed E-state index contributed by atoms with van der Waals surface area (Å²) in [6.45, 7) is 8.31. The molecule has 1 amide bonds. The van der Waals surface area contributed by atoms with Gasteiger partial charge in [0.05, 0.1) is 25.2 Å². The van der Waals surface area contributed by atoms with Gasteiger partial charge < -0.3 is 23.8 Å². The van der Waals surface area contributed by atoms with Crippen LogP contribution in [0.1, 0.15) is 40.0 Å². The van der Waals surface area contributed by atoms with E-state index in [2.05, 4.69) is 26.8 Å².